The van der Waals surface area contributed by atoms with Gasteiger partial charge in [0.2, 0.25) is 0 Å². The topological polar surface area (TPSA) is 3.24 Å². The molecule has 0 N–H and O–H groups in total. The number of benzene rings is 11. The van der Waals surface area contributed by atoms with Crippen LogP contribution in [0.25, 0.3) is 98.1 Å². The van der Waals surface area contributed by atoms with Crippen molar-refractivity contribution in [3.8, 4) is 77.9 Å². The minimum atomic E-state index is 1.09. The Labute approximate surface area is 402 Å². The third-order valence-corrected chi connectivity index (χ3v) is 14.4. The Kier molecular flexibility index (Phi) is 10.8. The standard InChI is InChI=1S/C66H45NS/c1-4-14-46(15-5-1)48-28-30-49(31-29-48)50-32-38-58(39-33-50)67(59-40-34-51(35-41-59)55-21-10-20-54(44-55)47-16-6-2-7-17-47)60-42-36-52(37-43-60)56-22-11-23-57(45-56)62-25-13-27-64-63-26-12-24-61(65(63)68-66(62)64)53-18-8-3-9-19-53/h1-45H. The van der Waals surface area contributed by atoms with E-state index in [2.05, 4.69) is 278 Å². The molecule has 11 aromatic carbocycles. The van der Waals surface area contributed by atoms with Crippen molar-refractivity contribution in [3.63, 3.8) is 0 Å². The van der Waals surface area contributed by atoms with Gasteiger partial charge in [-0.2, -0.15) is 0 Å². The molecule has 320 valence electrons. The summed E-state index contributed by atoms with van der Waals surface area (Å²) in [4.78, 5) is 2.36. The summed E-state index contributed by atoms with van der Waals surface area (Å²) in [6.45, 7) is 0. The van der Waals surface area contributed by atoms with Crippen LogP contribution in [0.1, 0.15) is 0 Å². The zero-order chi connectivity index (χ0) is 45.2. The van der Waals surface area contributed by atoms with Gasteiger partial charge in [0.05, 0.1) is 0 Å². The highest BCUT2D eigenvalue weighted by molar-refractivity contribution is 7.26. The largest absolute Gasteiger partial charge is 0.311 e. The second kappa shape index (κ2) is 18.0. The highest BCUT2D eigenvalue weighted by Gasteiger charge is 2.17. The van der Waals surface area contributed by atoms with Crippen molar-refractivity contribution in [2.45, 2.75) is 0 Å². The van der Waals surface area contributed by atoms with Gasteiger partial charge in [-0.3, -0.25) is 0 Å². The molecule has 0 saturated heterocycles. The smallest absolute Gasteiger partial charge is 0.0462 e. The molecule has 0 aliphatic carbocycles. The third kappa shape index (κ3) is 7.98. The lowest BCUT2D eigenvalue weighted by molar-refractivity contribution is 1.28. The predicted octanol–water partition coefficient (Wildman–Crippen LogP) is 19.2. The first kappa shape index (κ1) is 40.9. The molecule has 0 radical (unpaired) electrons. The van der Waals surface area contributed by atoms with Gasteiger partial charge < -0.3 is 4.90 Å². The van der Waals surface area contributed by atoms with Crippen molar-refractivity contribution < 1.29 is 0 Å². The van der Waals surface area contributed by atoms with E-state index in [4.69, 9.17) is 0 Å². The van der Waals surface area contributed by atoms with Gasteiger partial charge in [0.15, 0.2) is 0 Å². The van der Waals surface area contributed by atoms with Crippen LogP contribution >= 0.6 is 11.3 Å². The van der Waals surface area contributed by atoms with Crippen molar-refractivity contribution >= 4 is 48.6 Å². The predicted molar refractivity (Wildman–Crippen MR) is 292 cm³/mol. The maximum atomic E-state index is 2.36. The van der Waals surface area contributed by atoms with Crippen molar-refractivity contribution in [1.29, 1.82) is 0 Å². The Bertz CT molecular complexity index is 3670. The number of nitrogens with zero attached hydrogens (tertiary/aromatic N) is 1. The molecule has 1 heterocycles. The molecule has 1 nitrogen and oxygen atoms in total. The second-order valence-electron chi connectivity index (χ2n) is 17.3. The minimum Gasteiger partial charge on any atom is -0.311 e. The van der Waals surface area contributed by atoms with E-state index in [0.29, 0.717) is 0 Å². The maximum absolute atomic E-state index is 2.36. The number of anilines is 3. The number of thiophene rings is 1. The van der Waals surface area contributed by atoms with E-state index in [0.717, 1.165) is 17.1 Å². The highest BCUT2D eigenvalue weighted by atomic mass is 32.1. The van der Waals surface area contributed by atoms with Crippen LogP contribution in [0.4, 0.5) is 17.1 Å². The van der Waals surface area contributed by atoms with Crippen LogP contribution in [0.15, 0.2) is 273 Å². The van der Waals surface area contributed by atoms with Crippen LogP contribution in [0.2, 0.25) is 0 Å². The number of hydrogen-bond donors (Lipinski definition) is 0. The Balaban J connectivity index is 0.879. The van der Waals surface area contributed by atoms with E-state index < -0.39 is 0 Å². The van der Waals surface area contributed by atoms with E-state index in [-0.39, 0.29) is 0 Å². The summed E-state index contributed by atoms with van der Waals surface area (Å²) in [5.74, 6) is 0. The van der Waals surface area contributed by atoms with Crippen LogP contribution in [0, 0.1) is 0 Å². The molecule has 0 amide bonds. The van der Waals surface area contributed by atoms with Crippen LogP contribution < -0.4 is 4.90 Å². The molecular weight excluding hydrogens is 839 g/mol. The molecule has 0 spiro atoms. The van der Waals surface area contributed by atoms with Crippen LogP contribution in [-0.2, 0) is 0 Å². The Morgan fingerprint density at radius 2 is 0.485 bits per heavy atom. The summed E-state index contributed by atoms with van der Waals surface area (Å²) in [5.41, 5.74) is 20.3. The van der Waals surface area contributed by atoms with Gasteiger partial charge in [0.25, 0.3) is 0 Å². The van der Waals surface area contributed by atoms with Crippen molar-refractivity contribution in [3.05, 3.63) is 273 Å². The molecule has 0 aliphatic rings. The Morgan fingerprint density at radius 1 is 0.206 bits per heavy atom. The van der Waals surface area contributed by atoms with Crippen LogP contribution in [0.5, 0.6) is 0 Å². The molecule has 12 rings (SSSR count). The summed E-state index contributed by atoms with van der Waals surface area (Å²) >= 11 is 1.90. The minimum absolute atomic E-state index is 1.09. The Morgan fingerprint density at radius 3 is 0.912 bits per heavy atom. The van der Waals surface area contributed by atoms with Crippen molar-refractivity contribution in [2.24, 2.45) is 0 Å². The summed E-state index contributed by atoms with van der Waals surface area (Å²) in [7, 11) is 0. The van der Waals surface area contributed by atoms with Crippen molar-refractivity contribution in [1.82, 2.24) is 0 Å². The van der Waals surface area contributed by atoms with E-state index >= 15 is 0 Å². The molecule has 2 heteroatoms. The van der Waals surface area contributed by atoms with Gasteiger partial charge in [-0.15, -0.1) is 11.3 Å². The molecule has 0 fully saturated rings. The van der Waals surface area contributed by atoms with Crippen LogP contribution in [-0.4, -0.2) is 0 Å². The van der Waals surface area contributed by atoms with Gasteiger partial charge in [-0.05, 0) is 126 Å². The van der Waals surface area contributed by atoms with Gasteiger partial charge in [-0.1, -0.05) is 224 Å². The van der Waals surface area contributed by atoms with Gasteiger partial charge in [0.1, 0.15) is 0 Å². The second-order valence-corrected chi connectivity index (χ2v) is 18.3. The van der Waals surface area contributed by atoms with Crippen molar-refractivity contribution in [2.75, 3.05) is 4.90 Å². The first-order valence-corrected chi connectivity index (χ1v) is 24.0. The molecule has 0 saturated carbocycles. The fourth-order valence-electron chi connectivity index (χ4n) is 9.61. The summed E-state index contributed by atoms with van der Waals surface area (Å²) in [6.07, 6.45) is 0. The van der Waals surface area contributed by atoms with Gasteiger partial charge in [-0.25, -0.2) is 0 Å². The molecular formula is C66H45NS. The average Bonchev–Trinajstić information content (AvgIpc) is 3.82. The lowest BCUT2D eigenvalue weighted by Gasteiger charge is -2.26. The molecule has 68 heavy (non-hydrogen) atoms. The van der Waals surface area contributed by atoms with E-state index in [1.807, 2.05) is 11.3 Å². The van der Waals surface area contributed by atoms with Gasteiger partial charge in [0, 0.05) is 37.2 Å². The average molecular weight is 884 g/mol. The summed E-state index contributed by atoms with van der Waals surface area (Å²) in [6, 6.07) is 99.0. The normalized spacial score (nSPS) is 11.2. The van der Waals surface area contributed by atoms with E-state index in [1.165, 1.54) is 98.1 Å². The van der Waals surface area contributed by atoms with Gasteiger partial charge >= 0.3 is 0 Å². The van der Waals surface area contributed by atoms with E-state index in [9.17, 15) is 0 Å². The molecule has 12 aromatic rings. The maximum Gasteiger partial charge on any atom is 0.0462 e. The number of hydrogen-bond acceptors (Lipinski definition) is 2. The fraction of sp³-hybridized carbons (Fsp3) is 0. The zero-order valence-electron chi connectivity index (χ0n) is 37.3. The SMILES string of the molecule is c1ccc(-c2ccc(-c3ccc(N(c4ccc(-c5cccc(-c6ccccc6)c5)cc4)c4ccc(-c5cccc(-c6cccc7c6sc6c(-c8ccccc8)cccc67)c5)cc4)cc3)cc2)cc1. The highest BCUT2D eigenvalue weighted by Crippen LogP contribution is 2.45. The molecule has 0 atom stereocenters. The lowest BCUT2D eigenvalue weighted by Crippen LogP contribution is -2.09. The lowest BCUT2D eigenvalue weighted by atomic mass is 9.97. The zero-order valence-corrected chi connectivity index (χ0v) is 38.2. The quantitative estimate of drug-likeness (QED) is 0.132. The molecule has 0 unspecified atom stereocenters. The summed E-state index contributed by atoms with van der Waals surface area (Å²) in [5, 5.41) is 2.61. The van der Waals surface area contributed by atoms with E-state index in [1.54, 1.807) is 0 Å². The fourth-order valence-corrected chi connectivity index (χ4v) is 11.0. The van der Waals surface area contributed by atoms with Crippen LogP contribution in [0.3, 0.4) is 0 Å². The first-order valence-electron chi connectivity index (χ1n) is 23.2. The molecule has 0 bridgehead atoms. The monoisotopic (exact) mass is 883 g/mol. The molecule has 0 aliphatic heterocycles. The first-order chi connectivity index (χ1) is 33.7. The number of fused-ring (bicyclic) bond motifs is 3. The number of rotatable bonds is 10. The molecule has 1 aromatic heterocycles. The summed E-state index contributed by atoms with van der Waals surface area (Å²) < 4.78 is 2.65. The Hall–Kier alpha value is -8.56. The third-order valence-electron chi connectivity index (χ3n) is 13.1.